The molecule has 0 radical (unpaired) electrons. The Balaban J connectivity index is 1.99. The molecule has 0 spiro atoms. The molecule has 0 aliphatic heterocycles. The molecule has 1 aromatic heterocycles. The second-order valence-electron chi connectivity index (χ2n) is 3.71. The van der Waals surface area contributed by atoms with Gasteiger partial charge in [0.25, 0.3) is 0 Å². The number of hydrogen-bond acceptors (Lipinski definition) is 2. The van der Waals surface area contributed by atoms with Crippen LogP contribution in [0.4, 0.5) is 4.39 Å². The summed E-state index contributed by atoms with van der Waals surface area (Å²) < 4.78 is 15.1. The summed E-state index contributed by atoms with van der Waals surface area (Å²) in [6, 6.07) is 8.24. The van der Waals surface area contributed by atoms with Crippen molar-refractivity contribution in [3.8, 4) is 0 Å². The zero-order chi connectivity index (χ0) is 12.3. The summed E-state index contributed by atoms with van der Waals surface area (Å²) in [7, 11) is 1.86. The zero-order valence-electron chi connectivity index (χ0n) is 9.39. The number of halogens is 1. The number of aryl methyl sites for hydroxylation is 1. The van der Waals surface area contributed by atoms with Gasteiger partial charge in [-0.05, 0) is 18.2 Å². The van der Waals surface area contributed by atoms with E-state index in [2.05, 4.69) is 0 Å². The lowest BCUT2D eigenvalue weighted by molar-refractivity contribution is 0.102. The molecule has 0 amide bonds. The number of aromatic nitrogens is 1. The van der Waals surface area contributed by atoms with Crippen molar-refractivity contribution in [3.05, 3.63) is 54.1 Å². The van der Waals surface area contributed by atoms with Crippen molar-refractivity contribution in [2.45, 2.75) is 4.90 Å². The van der Waals surface area contributed by atoms with E-state index in [0.717, 1.165) is 0 Å². The van der Waals surface area contributed by atoms with Gasteiger partial charge >= 0.3 is 0 Å². The summed E-state index contributed by atoms with van der Waals surface area (Å²) >= 11 is 1.23. The number of carbonyl (C=O) groups is 1. The monoisotopic (exact) mass is 249 g/mol. The fraction of sp³-hybridized carbons (Fsp3) is 0.154. The van der Waals surface area contributed by atoms with E-state index >= 15 is 0 Å². The summed E-state index contributed by atoms with van der Waals surface area (Å²) in [5.74, 6) is -0.0116. The van der Waals surface area contributed by atoms with Crippen LogP contribution < -0.4 is 0 Å². The number of nitrogens with zero attached hydrogens (tertiary/aromatic N) is 1. The molecule has 0 saturated heterocycles. The zero-order valence-corrected chi connectivity index (χ0v) is 10.2. The van der Waals surface area contributed by atoms with Crippen molar-refractivity contribution < 1.29 is 9.18 Å². The van der Waals surface area contributed by atoms with Gasteiger partial charge in [0.05, 0.1) is 5.75 Å². The topological polar surface area (TPSA) is 22.0 Å². The van der Waals surface area contributed by atoms with Gasteiger partial charge in [-0.15, -0.1) is 11.8 Å². The van der Waals surface area contributed by atoms with E-state index in [9.17, 15) is 9.18 Å². The predicted molar refractivity (Wildman–Crippen MR) is 66.9 cm³/mol. The summed E-state index contributed by atoms with van der Waals surface area (Å²) in [5, 5.41) is 0. The van der Waals surface area contributed by atoms with Gasteiger partial charge in [0.1, 0.15) is 5.82 Å². The van der Waals surface area contributed by atoms with Gasteiger partial charge in [0.15, 0.2) is 5.78 Å². The summed E-state index contributed by atoms with van der Waals surface area (Å²) in [6.07, 6.45) is 3.59. The lowest BCUT2D eigenvalue weighted by Gasteiger charge is -2.01. The number of Topliss-reactive ketones (excluding diaryl/α,β-unsaturated/α-hetero) is 1. The van der Waals surface area contributed by atoms with Crippen LogP contribution in [0.1, 0.15) is 10.4 Å². The van der Waals surface area contributed by atoms with E-state index < -0.39 is 0 Å². The molecule has 0 aliphatic rings. The molecule has 0 N–H and O–H groups in total. The second kappa shape index (κ2) is 5.19. The summed E-state index contributed by atoms with van der Waals surface area (Å²) in [5.41, 5.74) is 0.663. The van der Waals surface area contributed by atoms with Crippen LogP contribution in [0, 0.1) is 5.82 Å². The molecule has 1 aromatic carbocycles. The number of benzene rings is 1. The van der Waals surface area contributed by atoms with Crippen molar-refractivity contribution in [2.24, 2.45) is 7.05 Å². The Kier molecular flexibility index (Phi) is 3.64. The molecule has 4 heteroatoms. The minimum absolute atomic E-state index is 0.0128. The van der Waals surface area contributed by atoms with Crippen LogP contribution in [-0.4, -0.2) is 16.1 Å². The van der Waals surface area contributed by atoms with E-state index in [4.69, 9.17) is 0 Å². The second-order valence-corrected chi connectivity index (χ2v) is 4.73. The van der Waals surface area contributed by atoms with Gasteiger partial charge in [-0.2, -0.15) is 0 Å². The highest BCUT2D eigenvalue weighted by molar-refractivity contribution is 8.00. The van der Waals surface area contributed by atoms with E-state index in [1.54, 1.807) is 30.5 Å². The van der Waals surface area contributed by atoms with Crippen molar-refractivity contribution >= 4 is 17.5 Å². The Bertz CT molecular complexity index is 536. The Morgan fingerprint density at radius 3 is 2.76 bits per heavy atom. The molecular weight excluding hydrogens is 237 g/mol. The Morgan fingerprint density at radius 1 is 1.35 bits per heavy atom. The minimum atomic E-state index is -0.279. The molecule has 0 aliphatic carbocycles. The van der Waals surface area contributed by atoms with E-state index in [-0.39, 0.29) is 17.4 Å². The number of ketones is 1. The smallest absolute Gasteiger partial charge is 0.174 e. The third-order valence-corrected chi connectivity index (χ3v) is 3.40. The van der Waals surface area contributed by atoms with Gasteiger partial charge in [-0.25, -0.2) is 4.39 Å². The van der Waals surface area contributed by atoms with Crippen molar-refractivity contribution in [2.75, 3.05) is 5.75 Å². The SMILES string of the molecule is Cn1ccc(C(=O)CSc2ccccc2F)c1. The van der Waals surface area contributed by atoms with Crippen LogP contribution in [0.5, 0.6) is 0 Å². The van der Waals surface area contributed by atoms with Crippen LogP contribution in [0.15, 0.2) is 47.6 Å². The minimum Gasteiger partial charge on any atom is -0.357 e. The lowest BCUT2D eigenvalue weighted by Crippen LogP contribution is -2.01. The Morgan fingerprint density at radius 2 is 2.12 bits per heavy atom. The molecule has 0 saturated carbocycles. The van der Waals surface area contributed by atoms with Gasteiger partial charge in [0, 0.05) is 29.9 Å². The first-order valence-corrected chi connectivity index (χ1v) is 6.18. The molecular formula is C13H12FNOS. The average Bonchev–Trinajstić information content (AvgIpc) is 2.74. The first-order valence-electron chi connectivity index (χ1n) is 5.19. The van der Waals surface area contributed by atoms with Crippen molar-refractivity contribution in [3.63, 3.8) is 0 Å². The molecule has 0 atom stereocenters. The maximum Gasteiger partial charge on any atom is 0.174 e. The predicted octanol–water partition coefficient (Wildman–Crippen LogP) is 3.14. The van der Waals surface area contributed by atoms with E-state index in [1.165, 1.54) is 17.8 Å². The number of thioether (sulfide) groups is 1. The fourth-order valence-corrected chi connectivity index (χ4v) is 2.29. The van der Waals surface area contributed by atoms with Gasteiger partial charge in [-0.3, -0.25) is 4.79 Å². The molecule has 0 unspecified atom stereocenters. The van der Waals surface area contributed by atoms with Crippen LogP contribution in [0.2, 0.25) is 0 Å². The standard InChI is InChI=1S/C13H12FNOS/c1-15-7-6-10(8-15)12(16)9-17-13-5-3-2-4-11(13)14/h2-8H,9H2,1H3. The van der Waals surface area contributed by atoms with Crippen LogP contribution >= 0.6 is 11.8 Å². The third-order valence-electron chi connectivity index (χ3n) is 2.35. The summed E-state index contributed by atoms with van der Waals surface area (Å²) in [6.45, 7) is 0. The largest absolute Gasteiger partial charge is 0.357 e. The molecule has 2 nitrogen and oxygen atoms in total. The van der Waals surface area contributed by atoms with Gasteiger partial charge in [-0.1, -0.05) is 12.1 Å². The number of carbonyl (C=O) groups excluding carboxylic acids is 1. The highest BCUT2D eigenvalue weighted by Gasteiger charge is 2.09. The molecule has 1 heterocycles. The first kappa shape index (κ1) is 11.9. The maximum atomic E-state index is 13.3. The Labute approximate surface area is 103 Å². The molecule has 0 fully saturated rings. The fourth-order valence-electron chi connectivity index (χ4n) is 1.46. The molecule has 0 bridgehead atoms. The lowest BCUT2D eigenvalue weighted by atomic mass is 10.2. The quantitative estimate of drug-likeness (QED) is 0.613. The molecule has 2 aromatic rings. The normalized spacial score (nSPS) is 10.5. The van der Waals surface area contributed by atoms with E-state index in [0.29, 0.717) is 10.5 Å². The third kappa shape index (κ3) is 2.97. The first-order chi connectivity index (χ1) is 8.16. The Hall–Kier alpha value is -1.55. The number of rotatable bonds is 4. The van der Waals surface area contributed by atoms with E-state index in [1.807, 2.05) is 17.8 Å². The molecule has 88 valence electrons. The highest BCUT2D eigenvalue weighted by atomic mass is 32.2. The average molecular weight is 249 g/mol. The van der Waals surface area contributed by atoms with Gasteiger partial charge < -0.3 is 4.57 Å². The molecule has 2 rings (SSSR count). The van der Waals surface area contributed by atoms with Crippen molar-refractivity contribution in [1.29, 1.82) is 0 Å². The van der Waals surface area contributed by atoms with Crippen LogP contribution in [0.25, 0.3) is 0 Å². The summed E-state index contributed by atoms with van der Waals surface area (Å²) in [4.78, 5) is 12.3. The van der Waals surface area contributed by atoms with Crippen LogP contribution in [0.3, 0.4) is 0 Å². The van der Waals surface area contributed by atoms with Crippen molar-refractivity contribution in [1.82, 2.24) is 4.57 Å². The van der Waals surface area contributed by atoms with Gasteiger partial charge in [0.2, 0.25) is 0 Å². The van der Waals surface area contributed by atoms with Crippen LogP contribution in [-0.2, 0) is 7.05 Å². The number of hydrogen-bond donors (Lipinski definition) is 0. The highest BCUT2D eigenvalue weighted by Crippen LogP contribution is 2.22. The molecule has 17 heavy (non-hydrogen) atoms. The maximum absolute atomic E-state index is 13.3.